The van der Waals surface area contributed by atoms with Gasteiger partial charge in [-0.1, -0.05) is 37.3 Å². The molecule has 2 aliphatic heterocycles. The van der Waals surface area contributed by atoms with Crippen LogP contribution in [0.25, 0.3) is 0 Å². The van der Waals surface area contributed by atoms with Gasteiger partial charge in [0.05, 0.1) is 5.92 Å². The summed E-state index contributed by atoms with van der Waals surface area (Å²) in [6.07, 6.45) is 2.59. The molecular weight excluding hydrogens is 352 g/mol. The van der Waals surface area contributed by atoms with E-state index in [9.17, 15) is 4.79 Å². The Morgan fingerprint density at radius 1 is 1.11 bits per heavy atom. The second-order valence-electron chi connectivity index (χ2n) is 8.20. The number of ether oxygens (including phenoxy) is 2. The molecule has 28 heavy (non-hydrogen) atoms. The molecule has 0 radical (unpaired) electrons. The van der Waals surface area contributed by atoms with Crippen LogP contribution >= 0.6 is 0 Å². The zero-order chi connectivity index (χ0) is 19.1. The highest BCUT2D eigenvalue weighted by atomic mass is 16.7. The van der Waals surface area contributed by atoms with Crippen molar-refractivity contribution in [2.24, 2.45) is 11.8 Å². The second kappa shape index (κ2) is 7.13. The van der Waals surface area contributed by atoms with Crippen molar-refractivity contribution in [2.45, 2.75) is 38.3 Å². The number of hydrogen-bond donors (Lipinski definition) is 2. The molecule has 1 amide bonds. The third-order valence-electron chi connectivity index (χ3n) is 6.28. The summed E-state index contributed by atoms with van der Waals surface area (Å²) in [5.74, 6) is 2.60. The maximum Gasteiger partial charge on any atom is 0.231 e. The average Bonchev–Trinajstić information content (AvgIpc) is 3.34. The van der Waals surface area contributed by atoms with Gasteiger partial charge in [0, 0.05) is 19.1 Å². The maximum absolute atomic E-state index is 12.8. The molecule has 2 aromatic carbocycles. The van der Waals surface area contributed by atoms with Crippen LogP contribution in [-0.4, -0.2) is 19.2 Å². The summed E-state index contributed by atoms with van der Waals surface area (Å²) >= 11 is 0. The highest BCUT2D eigenvalue weighted by Gasteiger charge is 2.38. The molecule has 0 bridgehead atoms. The van der Waals surface area contributed by atoms with E-state index in [2.05, 4.69) is 47.9 Å². The highest BCUT2D eigenvalue weighted by Crippen LogP contribution is 2.40. The SMILES string of the molecule is CC1C(c2ccc3c(c2)OCO3)NC[C@@H]1C(=O)NCc1cccc(C2CC2)c1. The molecule has 2 N–H and O–H groups in total. The molecule has 5 heteroatoms. The van der Waals surface area contributed by atoms with Crippen molar-refractivity contribution in [3.8, 4) is 11.5 Å². The van der Waals surface area contributed by atoms with E-state index >= 15 is 0 Å². The van der Waals surface area contributed by atoms with Gasteiger partial charge < -0.3 is 20.1 Å². The molecule has 1 saturated carbocycles. The van der Waals surface area contributed by atoms with Crippen LogP contribution in [-0.2, 0) is 11.3 Å². The molecule has 1 saturated heterocycles. The summed E-state index contributed by atoms with van der Waals surface area (Å²) < 4.78 is 10.9. The number of carbonyl (C=O) groups is 1. The average molecular weight is 378 g/mol. The lowest BCUT2D eigenvalue weighted by Crippen LogP contribution is -2.34. The van der Waals surface area contributed by atoms with E-state index in [1.165, 1.54) is 24.0 Å². The molecule has 3 aliphatic rings. The van der Waals surface area contributed by atoms with Gasteiger partial charge in [-0.25, -0.2) is 0 Å². The zero-order valence-electron chi connectivity index (χ0n) is 16.1. The minimum atomic E-state index is -0.0398. The van der Waals surface area contributed by atoms with Crippen LogP contribution < -0.4 is 20.1 Å². The maximum atomic E-state index is 12.8. The third kappa shape index (κ3) is 3.35. The van der Waals surface area contributed by atoms with Crippen molar-refractivity contribution >= 4 is 5.91 Å². The largest absolute Gasteiger partial charge is 0.454 e. The van der Waals surface area contributed by atoms with Crippen molar-refractivity contribution in [3.05, 3.63) is 59.2 Å². The summed E-state index contributed by atoms with van der Waals surface area (Å²) in [7, 11) is 0. The van der Waals surface area contributed by atoms with Crippen LogP contribution in [0.4, 0.5) is 0 Å². The van der Waals surface area contributed by atoms with Crippen LogP contribution in [0.15, 0.2) is 42.5 Å². The van der Waals surface area contributed by atoms with E-state index in [-0.39, 0.29) is 30.6 Å². The van der Waals surface area contributed by atoms with E-state index in [4.69, 9.17) is 9.47 Å². The summed E-state index contributed by atoms with van der Waals surface area (Å²) in [5, 5.41) is 6.67. The molecular formula is C23H26N2O3. The van der Waals surface area contributed by atoms with Crippen LogP contribution in [0.1, 0.15) is 48.4 Å². The number of fused-ring (bicyclic) bond motifs is 1. The first-order valence-corrected chi connectivity index (χ1v) is 10.2. The van der Waals surface area contributed by atoms with E-state index in [0.717, 1.165) is 23.0 Å². The topological polar surface area (TPSA) is 59.6 Å². The van der Waals surface area contributed by atoms with Crippen LogP contribution in [0.3, 0.4) is 0 Å². The Balaban J connectivity index is 1.22. The number of benzene rings is 2. The second-order valence-corrected chi connectivity index (χ2v) is 8.20. The standard InChI is InChI=1S/C23H26N2O3/c1-14-19(12-24-22(14)18-7-8-20-21(10-18)28-13-27-20)23(26)25-11-15-3-2-4-17(9-15)16-5-6-16/h2-4,7-10,14,16,19,22,24H,5-6,11-13H2,1H3,(H,25,26)/t14?,19-,22?/m0/s1. The number of nitrogens with one attached hydrogen (secondary N) is 2. The lowest BCUT2D eigenvalue weighted by Gasteiger charge is -2.20. The van der Waals surface area contributed by atoms with Crippen molar-refractivity contribution in [3.63, 3.8) is 0 Å². The van der Waals surface area contributed by atoms with E-state index in [1.807, 2.05) is 12.1 Å². The van der Waals surface area contributed by atoms with Gasteiger partial charge in [0.25, 0.3) is 0 Å². The molecule has 5 rings (SSSR count). The number of rotatable bonds is 5. The normalized spacial score (nSPS) is 25.7. The predicted octanol–water partition coefficient (Wildman–Crippen LogP) is 3.51. The van der Waals surface area contributed by atoms with Crippen LogP contribution in [0, 0.1) is 11.8 Å². The van der Waals surface area contributed by atoms with Gasteiger partial charge in [0.15, 0.2) is 11.5 Å². The Hall–Kier alpha value is -2.53. The molecule has 3 atom stereocenters. The molecule has 2 unspecified atom stereocenters. The van der Waals surface area contributed by atoms with Crippen LogP contribution in [0.2, 0.25) is 0 Å². The van der Waals surface area contributed by atoms with E-state index in [1.54, 1.807) is 0 Å². The molecule has 5 nitrogen and oxygen atoms in total. The number of carbonyl (C=O) groups excluding carboxylic acids is 1. The zero-order valence-corrected chi connectivity index (χ0v) is 16.1. The summed E-state index contributed by atoms with van der Waals surface area (Å²) in [6, 6.07) is 14.8. The van der Waals surface area contributed by atoms with Gasteiger partial charge in [-0.3, -0.25) is 4.79 Å². The monoisotopic (exact) mass is 378 g/mol. The van der Waals surface area contributed by atoms with Gasteiger partial charge in [-0.2, -0.15) is 0 Å². The first-order valence-electron chi connectivity index (χ1n) is 10.2. The Bertz CT molecular complexity index is 893. The van der Waals surface area contributed by atoms with Gasteiger partial charge in [-0.15, -0.1) is 0 Å². The van der Waals surface area contributed by atoms with E-state index < -0.39 is 0 Å². The number of hydrogen-bond acceptors (Lipinski definition) is 4. The van der Waals surface area contributed by atoms with Crippen LogP contribution in [0.5, 0.6) is 11.5 Å². The van der Waals surface area contributed by atoms with Crippen molar-refractivity contribution in [2.75, 3.05) is 13.3 Å². The number of amides is 1. The lowest BCUT2D eigenvalue weighted by molar-refractivity contribution is -0.125. The van der Waals surface area contributed by atoms with Gasteiger partial charge in [0.1, 0.15) is 0 Å². The van der Waals surface area contributed by atoms with Gasteiger partial charge >= 0.3 is 0 Å². The Morgan fingerprint density at radius 3 is 2.82 bits per heavy atom. The van der Waals surface area contributed by atoms with Crippen molar-refractivity contribution in [1.29, 1.82) is 0 Å². The van der Waals surface area contributed by atoms with Gasteiger partial charge in [-0.05, 0) is 53.5 Å². The predicted molar refractivity (Wildman–Crippen MR) is 106 cm³/mol. The van der Waals surface area contributed by atoms with Crippen molar-refractivity contribution < 1.29 is 14.3 Å². The smallest absolute Gasteiger partial charge is 0.231 e. The fourth-order valence-electron chi connectivity index (χ4n) is 4.41. The summed E-state index contributed by atoms with van der Waals surface area (Å²) in [4.78, 5) is 12.8. The molecule has 2 heterocycles. The Morgan fingerprint density at radius 2 is 1.96 bits per heavy atom. The minimum Gasteiger partial charge on any atom is -0.454 e. The molecule has 146 valence electrons. The molecule has 2 fully saturated rings. The van der Waals surface area contributed by atoms with Gasteiger partial charge in [0.2, 0.25) is 12.7 Å². The third-order valence-corrected chi connectivity index (χ3v) is 6.28. The molecule has 2 aromatic rings. The van der Waals surface area contributed by atoms with E-state index in [0.29, 0.717) is 13.1 Å². The quantitative estimate of drug-likeness (QED) is 0.836. The molecule has 1 aliphatic carbocycles. The minimum absolute atomic E-state index is 0.0398. The lowest BCUT2D eigenvalue weighted by atomic mass is 9.88. The first kappa shape index (κ1) is 17.6. The van der Waals surface area contributed by atoms with Crippen molar-refractivity contribution in [1.82, 2.24) is 10.6 Å². The Kier molecular flexibility index (Phi) is 4.47. The first-order chi connectivity index (χ1) is 13.7. The molecule has 0 spiro atoms. The highest BCUT2D eigenvalue weighted by molar-refractivity contribution is 5.79. The molecule has 0 aromatic heterocycles. The summed E-state index contributed by atoms with van der Waals surface area (Å²) in [5.41, 5.74) is 3.73. The fraction of sp³-hybridized carbons (Fsp3) is 0.435. The fourth-order valence-corrected chi connectivity index (χ4v) is 4.41. The Labute approximate surface area is 165 Å². The summed E-state index contributed by atoms with van der Waals surface area (Å²) in [6.45, 7) is 3.71.